The number of ether oxygens (including phenoxy) is 1. The number of aldehydes is 1. The van der Waals surface area contributed by atoms with Crippen molar-refractivity contribution in [2.45, 2.75) is 44.2 Å². The van der Waals surface area contributed by atoms with E-state index in [2.05, 4.69) is 17.7 Å². The molecule has 1 atom stereocenters. The van der Waals surface area contributed by atoms with Gasteiger partial charge in [-0.1, -0.05) is 19.3 Å². The Hall–Kier alpha value is -0.450. The zero-order chi connectivity index (χ0) is 11.6. The first-order valence-electron chi connectivity index (χ1n) is 6.31. The highest BCUT2D eigenvalue weighted by Gasteiger charge is 2.10. The average Bonchev–Trinajstić information content (AvgIpc) is 2.41. The Morgan fingerprint density at radius 3 is 2.44 bits per heavy atom. The van der Waals surface area contributed by atoms with Gasteiger partial charge >= 0.3 is 0 Å². The van der Waals surface area contributed by atoms with E-state index in [0.717, 1.165) is 18.9 Å². The lowest BCUT2D eigenvalue weighted by atomic mass is 9.96. The SMILES string of the molecule is CNC1CCCCC1.O=CC1CNCCO1. The van der Waals surface area contributed by atoms with Crippen LogP contribution in [-0.4, -0.2) is 45.2 Å². The molecule has 2 fully saturated rings. The number of morpholine rings is 1. The van der Waals surface area contributed by atoms with Crippen LogP contribution in [0.3, 0.4) is 0 Å². The predicted octanol–water partition coefficient (Wildman–Crippen LogP) is 0.712. The van der Waals surface area contributed by atoms with Crippen LogP contribution in [0, 0.1) is 0 Å². The van der Waals surface area contributed by atoms with Crippen LogP contribution in [0.1, 0.15) is 32.1 Å². The molecule has 16 heavy (non-hydrogen) atoms. The molecule has 4 heteroatoms. The summed E-state index contributed by atoms with van der Waals surface area (Å²) in [7, 11) is 2.07. The number of rotatable bonds is 2. The van der Waals surface area contributed by atoms with Gasteiger partial charge in [0.2, 0.25) is 0 Å². The van der Waals surface area contributed by atoms with Crippen molar-refractivity contribution in [3.63, 3.8) is 0 Å². The third-order valence-electron chi connectivity index (χ3n) is 3.12. The van der Waals surface area contributed by atoms with E-state index in [1.807, 2.05) is 0 Å². The Bertz CT molecular complexity index is 176. The quantitative estimate of drug-likeness (QED) is 0.684. The summed E-state index contributed by atoms with van der Waals surface area (Å²) in [5.74, 6) is 0. The molecule has 0 spiro atoms. The molecular weight excluding hydrogens is 204 g/mol. The van der Waals surface area contributed by atoms with Gasteiger partial charge in [-0.25, -0.2) is 0 Å². The van der Waals surface area contributed by atoms with Gasteiger partial charge < -0.3 is 20.2 Å². The molecule has 2 N–H and O–H groups in total. The second-order valence-corrected chi connectivity index (χ2v) is 4.37. The van der Waals surface area contributed by atoms with Crippen LogP contribution in [-0.2, 0) is 9.53 Å². The first-order valence-corrected chi connectivity index (χ1v) is 6.31. The minimum atomic E-state index is -0.205. The highest BCUT2D eigenvalue weighted by molar-refractivity contribution is 5.56. The Labute approximate surface area is 98.1 Å². The van der Waals surface area contributed by atoms with E-state index in [4.69, 9.17) is 4.74 Å². The van der Waals surface area contributed by atoms with E-state index in [1.165, 1.54) is 32.1 Å². The highest BCUT2D eigenvalue weighted by Crippen LogP contribution is 2.16. The summed E-state index contributed by atoms with van der Waals surface area (Å²) in [5.41, 5.74) is 0. The van der Waals surface area contributed by atoms with Crippen LogP contribution >= 0.6 is 0 Å². The second-order valence-electron chi connectivity index (χ2n) is 4.37. The zero-order valence-corrected chi connectivity index (χ0v) is 10.2. The van der Waals surface area contributed by atoms with Gasteiger partial charge in [0, 0.05) is 19.1 Å². The van der Waals surface area contributed by atoms with Gasteiger partial charge in [0.1, 0.15) is 12.4 Å². The monoisotopic (exact) mass is 228 g/mol. The fraction of sp³-hybridized carbons (Fsp3) is 0.917. The molecule has 0 amide bonds. The standard InChI is InChI=1S/C7H15N.C5H9NO2/c1-8-7-5-3-2-4-6-7;7-4-5-3-6-1-2-8-5/h7-8H,2-6H2,1H3;4-6H,1-3H2. The summed E-state index contributed by atoms with van der Waals surface area (Å²) in [4.78, 5) is 9.99. The minimum absolute atomic E-state index is 0.205. The first kappa shape index (κ1) is 13.6. The van der Waals surface area contributed by atoms with E-state index in [1.54, 1.807) is 0 Å². The van der Waals surface area contributed by atoms with Gasteiger partial charge in [0.25, 0.3) is 0 Å². The smallest absolute Gasteiger partial charge is 0.150 e. The minimum Gasteiger partial charge on any atom is -0.368 e. The first-order chi connectivity index (χ1) is 7.86. The van der Waals surface area contributed by atoms with E-state index in [0.29, 0.717) is 13.2 Å². The molecule has 1 saturated heterocycles. The van der Waals surface area contributed by atoms with Crippen molar-refractivity contribution in [2.24, 2.45) is 0 Å². The number of hydrogen-bond acceptors (Lipinski definition) is 4. The van der Waals surface area contributed by atoms with Crippen LogP contribution in [0.5, 0.6) is 0 Å². The van der Waals surface area contributed by atoms with Crippen molar-refractivity contribution in [1.82, 2.24) is 10.6 Å². The maximum Gasteiger partial charge on any atom is 0.150 e. The summed E-state index contributed by atoms with van der Waals surface area (Å²) in [6, 6.07) is 0.837. The van der Waals surface area contributed by atoms with Gasteiger partial charge in [-0.05, 0) is 19.9 Å². The third-order valence-corrected chi connectivity index (χ3v) is 3.12. The Kier molecular flexibility index (Phi) is 7.38. The molecule has 0 radical (unpaired) electrons. The van der Waals surface area contributed by atoms with Gasteiger partial charge in [0.15, 0.2) is 0 Å². The summed E-state index contributed by atoms with van der Waals surface area (Å²) < 4.78 is 5.00. The van der Waals surface area contributed by atoms with Gasteiger partial charge in [-0.15, -0.1) is 0 Å². The summed E-state index contributed by atoms with van der Waals surface area (Å²) >= 11 is 0. The Morgan fingerprint density at radius 2 is 2.06 bits per heavy atom. The van der Waals surface area contributed by atoms with Crippen LogP contribution in [0.25, 0.3) is 0 Å². The van der Waals surface area contributed by atoms with Crippen LogP contribution < -0.4 is 10.6 Å². The van der Waals surface area contributed by atoms with Crippen LogP contribution in [0.15, 0.2) is 0 Å². The van der Waals surface area contributed by atoms with E-state index in [9.17, 15) is 4.79 Å². The molecule has 2 rings (SSSR count). The van der Waals surface area contributed by atoms with Crippen LogP contribution in [0.4, 0.5) is 0 Å². The fourth-order valence-electron chi connectivity index (χ4n) is 2.06. The van der Waals surface area contributed by atoms with Crippen molar-refractivity contribution >= 4 is 6.29 Å². The molecule has 94 valence electrons. The molecule has 1 aliphatic carbocycles. The van der Waals surface area contributed by atoms with Gasteiger partial charge in [-0.2, -0.15) is 0 Å². The van der Waals surface area contributed by atoms with Gasteiger partial charge in [0.05, 0.1) is 6.61 Å². The molecule has 2 aliphatic rings. The molecule has 0 aromatic heterocycles. The Morgan fingerprint density at radius 1 is 1.31 bits per heavy atom. The van der Waals surface area contributed by atoms with Crippen molar-refractivity contribution < 1.29 is 9.53 Å². The fourth-order valence-corrected chi connectivity index (χ4v) is 2.06. The Balaban J connectivity index is 0.000000160. The largest absolute Gasteiger partial charge is 0.368 e. The van der Waals surface area contributed by atoms with Crippen LogP contribution in [0.2, 0.25) is 0 Å². The van der Waals surface area contributed by atoms with Crippen molar-refractivity contribution in [3.8, 4) is 0 Å². The molecule has 4 nitrogen and oxygen atoms in total. The third kappa shape index (κ3) is 5.58. The predicted molar refractivity (Wildman–Crippen MR) is 64.6 cm³/mol. The molecule has 1 aliphatic heterocycles. The molecule has 1 heterocycles. The number of nitrogens with one attached hydrogen (secondary N) is 2. The lowest BCUT2D eigenvalue weighted by Gasteiger charge is -2.20. The summed E-state index contributed by atoms with van der Waals surface area (Å²) in [6.45, 7) is 2.19. The topological polar surface area (TPSA) is 50.4 Å². The lowest BCUT2D eigenvalue weighted by molar-refractivity contribution is -0.119. The average molecular weight is 228 g/mol. The van der Waals surface area contributed by atoms with Crippen molar-refractivity contribution in [3.05, 3.63) is 0 Å². The maximum absolute atomic E-state index is 9.99. The molecule has 1 unspecified atom stereocenters. The molecule has 0 aromatic carbocycles. The van der Waals surface area contributed by atoms with Gasteiger partial charge in [-0.3, -0.25) is 0 Å². The lowest BCUT2D eigenvalue weighted by Crippen LogP contribution is -2.39. The highest BCUT2D eigenvalue weighted by atomic mass is 16.5. The summed E-state index contributed by atoms with van der Waals surface area (Å²) in [6.07, 6.45) is 7.75. The molecular formula is C12H24N2O2. The molecule has 0 bridgehead atoms. The van der Waals surface area contributed by atoms with Crippen molar-refractivity contribution in [2.75, 3.05) is 26.7 Å². The number of carbonyl (C=O) groups is 1. The maximum atomic E-state index is 9.99. The van der Waals surface area contributed by atoms with Crippen molar-refractivity contribution in [1.29, 1.82) is 0 Å². The summed E-state index contributed by atoms with van der Waals surface area (Å²) in [5, 5.41) is 6.33. The number of carbonyl (C=O) groups excluding carboxylic acids is 1. The van der Waals surface area contributed by atoms with E-state index < -0.39 is 0 Å². The second kappa shape index (κ2) is 8.67. The number of hydrogen-bond donors (Lipinski definition) is 2. The van der Waals surface area contributed by atoms with E-state index in [-0.39, 0.29) is 6.10 Å². The zero-order valence-electron chi connectivity index (χ0n) is 10.2. The molecule has 1 saturated carbocycles. The molecule has 0 aromatic rings. The normalized spacial score (nSPS) is 26.7. The van der Waals surface area contributed by atoms with E-state index >= 15 is 0 Å².